The molecule has 0 saturated carbocycles. The van der Waals surface area contributed by atoms with Crippen molar-refractivity contribution >= 4 is 18.3 Å². The maximum Gasteiger partial charge on any atom is 0.253 e. The highest BCUT2D eigenvalue weighted by Gasteiger charge is 2.31. The van der Waals surface area contributed by atoms with E-state index in [0.29, 0.717) is 12.1 Å². The molecule has 0 radical (unpaired) electrons. The molecule has 5 heteroatoms. The summed E-state index contributed by atoms with van der Waals surface area (Å²) in [6, 6.07) is 8.47. The van der Waals surface area contributed by atoms with Crippen molar-refractivity contribution in [3.05, 3.63) is 29.8 Å². The number of carbonyl (C=O) groups excluding carboxylic acids is 1. The number of benzene rings is 1. The first-order chi connectivity index (χ1) is 9.26. The SMILES string of the molecule is COc1ccc(C(=O)N2CCC3CCC(C2)N3)cc1.Cl. The van der Waals surface area contributed by atoms with Crippen molar-refractivity contribution in [2.24, 2.45) is 0 Å². The third-order valence-corrected chi connectivity index (χ3v) is 4.15. The standard InChI is InChI=1S/C15H20N2O2.ClH/c1-19-14-6-2-11(3-7-14)15(18)17-9-8-12-4-5-13(10-17)16-12;/h2-3,6-7,12-13,16H,4-5,8-10H2,1H3;1H. The van der Waals surface area contributed by atoms with Crippen LogP contribution in [0, 0.1) is 0 Å². The van der Waals surface area contributed by atoms with Gasteiger partial charge in [0.2, 0.25) is 0 Å². The second-order valence-corrected chi connectivity index (χ2v) is 5.41. The molecule has 1 amide bonds. The molecule has 3 rings (SSSR count). The third-order valence-electron chi connectivity index (χ3n) is 4.15. The Morgan fingerprint density at radius 1 is 1.20 bits per heavy atom. The van der Waals surface area contributed by atoms with Crippen LogP contribution in [0.15, 0.2) is 24.3 Å². The zero-order chi connectivity index (χ0) is 13.2. The number of carbonyl (C=O) groups is 1. The average molecular weight is 297 g/mol. The Kier molecular flexibility index (Phi) is 4.89. The Balaban J connectivity index is 0.00000147. The van der Waals surface area contributed by atoms with E-state index in [0.717, 1.165) is 30.8 Å². The van der Waals surface area contributed by atoms with Crippen molar-refractivity contribution in [2.75, 3.05) is 20.2 Å². The Labute approximate surface area is 125 Å². The zero-order valence-corrected chi connectivity index (χ0v) is 12.5. The zero-order valence-electron chi connectivity index (χ0n) is 11.7. The number of halogens is 1. The van der Waals surface area contributed by atoms with Crippen LogP contribution in [0.2, 0.25) is 0 Å². The largest absolute Gasteiger partial charge is 0.497 e. The third kappa shape index (κ3) is 3.07. The van der Waals surface area contributed by atoms with E-state index in [1.165, 1.54) is 12.8 Å². The summed E-state index contributed by atoms with van der Waals surface area (Å²) in [6.07, 6.45) is 3.52. The second kappa shape index (κ2) is 6.46. The Hall–Kier alpha value is -1.26. The van der Waals surface area contributed by atoms with Crippen molar-refractivity contribution in [3.8, 4) is 5.75 Å². The lowest BCUT2D eigenvalue weighted by Gasteiger charge is -2.24. The second-order valence-electron chi connectivity index (χ2n) is 5.41. The monoisotopic (exact) mass is 296 g/mol. The predicted molar refractivity (Wildman–Crippen MR) is 80.7 cm³/mol. The molecule has 20 heavy (non-hydrogen) atoms. The molecule has 2 heterocycles. The van der Waals surface area contributed by atoms with E-state index in [2.05, 4.69) is 5.32 Å². The number of methoxy groups -OCH3 is 1. The van der Waals surface area contributed by atoms with Crippen LogP contribution in [-0.2, 0) is 0 Å². The number of hydrogen-bond acceptors (Lipinski definition) is 3. The van der Waals surface area contributed by atoms with Gasteiger partial charge >= 0.3 is 0 Å². The van der Waals surface area contributed by atoms with Gasteiger partial charge in [0.25, 0.3) is 5.91 Å². The lowest BCUT2D eigenvalue weighted by atomic mass is 10.1. The van der Waals surface area contributed by atoms with Gasteiger partial charge in [-0.3, -0.25) is 4.79 Å². The van der Waals surface area contributed by atoms with Crippen molar-refractivity contribution in [1.29, 1.82) is 0 Å². The van der Waals surface area contributed by atoms with Crippen LogP contribution in [-0.4, -0.2) is 43.1 Å². The molecule has 110 valence electrons. The first kappa shape index (κ1) is 15.1. The molecular formula is C15H21ClN2O2. The van der Waals surface area contributed by atoms with Crippen LogP contribution in [0.25, 0.3) is 0 Å². The lowest BCUT2D eigenvalue weighted by molar-refractivity contribution is 0.0748. The summed E-state index contributed by atoms with van der Waals surface area (Å²) in [7, 11) is 1.63. The number of likely N-dealkylation sites (tertiary alicyclic amines) is 1. The van der Waals surface area contributed by atoms with E-state index in [4.69, 9.17) is 4.74 Å². The van der Waals surface area contributed by atoms with Crippen LogP contribution in [0.4, 0.5) is 0 Å². The van der Waals surface area contributed by atoms with E-state index >= 15 is 0 Å². The summed E-state index contributed by atoms with van der Waals surface area (Å²) in [5.74, 6) is 0.921. The minimum Gasteiger partial charge on any atom is -0.497 e. The maximum absolute atomic E-state index is 12.5. The fourth-order valence-corrected chi connectivity index (χ4v) is 3.04. The van der Waals surface area contributed by atoms with E-state index in [9.17, 15) is 4.79 Å². The number of fused-ring (bicyclic) bond motifs is 2. The van der Waals surface area contributed by atoms with Crippen molar-refractivity contribution < 1.29 is 9.53 Å². The molecule has 2 atom stereocenters. The van der Waals surface area contributed by atoms with Gasteiger partial charge in [-0.05, 0) is 43.5 Å². The van der Waals surface area contributed by atoms with E-state index in [-0.39, 0.29) is 18.3 Å². The van der Waals surface area contributed by atoms with Gasteiger partial charge in [0.1, 0.15) is 5.75 Å². The normalized spacial score (nSPS) is 24.8. The first-order valence-electron chi connectivity index (χ1n) is 6.95. The Bertz CT molecular complexity index is 463. The summed E-state index contributed by atoms with van der Waals surface area (Å²) in [4.78, 5) is 14.5. The highest BCUT2D eigenvalue weighted by Crippen LogP contribution is 2.22. The molecule has 2 fully saturated rings. The molecule has 1 aromatic carbocycles. The van der Waals surface area contributed by atoms with Crippen LogP contribution in [0.5, 0.6) is 5.75 Å². The topological polar surface area (TPSA) is 41.6 Å². The quantitative estimate of drug-likeness (QED) is 0.908. The lowest BCUT2D eigenvalue weighted by Crippen LogP contribution is -2.39. The van der Waals surface area contributed by atoms with Gasteiger partial charge in [-0.25, -0.2) is 0 Å². The number of ether oxygens (including phenoxy) is 1. The van der Waals surface area contributed by atoms with Crippen molar-refractivity contribution in [2.45, 2.75) is 31.3 Å². The van der Waals surface area contributed by atoms with Crippen molar-refractivity contribution in [3.63, 3.8) is 0 Å². The minimum absolute atomic E-state index is 0. The molecule has 2 aliphatic rings. The summed E-state index contributed by atoms with van der Waals surface area (Å²) in [5, 5.41) is 3.59. The molecule has 0 aliphatic carbocycles. The van der Waals surface area contributed by atoms with Gasteiger partial charge in [-0.15, -0.1) is 12.4 Å². The number of rotatable bonds is 2. The van der Waals surface area contributed by atoms with E-state index < -0.39 is 0 Å². The summed E-state index contributed by atoms with van der Waals surface area (Å²) < 4.78 is 5.12. The van der Waals surface area contributed by atoms with Gasteiger partial charge in [-0.1, -0.05) is 0 Å². The molecule has 2 unspecified atom stereocenters. The van der Waals surface area contributed by atoms with Crippen LogP contribution in [0.1, 0.15) is 29.6 Å². The van der Waals surface area contributed by atoms with Crippen LogP contribution >= 0.6 is 12.4 Å². The van der Waals surface area contributed by atoms with Gasteiger partial charge in [0.05, 0.1) is 7.11 Å². The highest BCUT2D eigenvalue weighted by atomic mass is 35.5. The molecule has 0 aromatic heterocycles. The molecule has 2 bridgehead atoms. The molecule has 4 nitrogen and oxygen atoms in total. The Morgan fingerprint density at radius 2 is 1.90 bits per heavy atom. The summed E-state index contributed by atoms with van der Waals surface area (Å²) >= 11 is 0. The Morgan fingerprint density at radius 3 is 2.60 bits per heavy atom. The molecule has 0 spiro atoms. The molecular weight excluding hydrogens is 276 g/mol. The maximum atomic E-state index is 12.5. The van der Waals surface area contributed by atoms with E-state index in [1.807, 2.05) is 29.2 Å². The fraction of sp³-hybridized carbons (Fsp3) is 0.533. The van der Waals surface area contributed by atoms with Crippen LogP contribution in [0.3, 0.4) is 0 Å². The predicted octanol–water partition coefficient (Wildman–Crippen LogP) is 2.08. The minimum atomic E-state index is 0. The smallest absolute Gasteiger partial charge is 0.253 e. The van der Waals surface area contributed by atoms with Crippen LogP contribution < -0.4 is 10.1 Å². The molecule has 2 aliphatic heterocycles. The number of hydrogen-bond donors (Lipinski definition) is 1. The van der Waals surface area contributed by atoms with Gasteiger partial charge in [0, 0.05) is 30.7 Å². The average Bonchev–Trinajstić information content (AvgIpc) is 2.78. The molecule has 1 N–H and O–H groups in total. The van der Waals surface area contributed by atoms with Gasteiger partial charge in [-0.2, -0.15) is 0 Å². The number of nitrogens with zero attached hydrogens (tertiary/aromatic N) is 1. The summed E-state index contributed by atoms with van der Waals surface area (Å²) in [6.45, 7) is 1.69. The molecule has 1 aromatic rings. The fourth-order valence-electron chi connectivity index (χ4n) is 3.04. The summed E-state index contributed by atoms with van der Waals surface area (Å²) in [5.41, 5.74) is 0.749. The first-order valence-corrected chi connectivity index (χ1v) is 6.95. The van der Waals surface area contributed by atoms with Gasteiger partial charge < -0.3 is 15.0 Å². The number of amides is 1. The highest BCUT2D eigenvalue weighted by molar-refractivity contribution is 5.94. The molecule has 2 saturated heterocycles. The van der Waals surface area contributed by atoms with E-state index in [1.54, 1.807) is 7.11 Å². The van der Waals surface area contributed by atoms with Gasteiger partial charge in [0.15, 0.2) is 0 Å². The number of nitrogens with one attached hydrogen (secondary N) is 1. The van der Waals surface area contributed by atoms with Crippen molar-refractivity contribution in [1.82, 2.24) is 10.2 Å².